The minimum absolute atomic E-state index is 0.107. The number of methoxy groups -OCH3 is 1. The van der Waals surface area contributed by atoms with Gasteiger partial charge in [0.25, 0.3) is 0 Å². The highest BCUT2D eigenvalue weighted by atomic mass is 16.5. The van der Waals surface area contributed by atoms with E-state index in [2.05, 4.69) is 24.4 Å². The van der Waals surface area contributed by atoms with Crippen LogP contribution in [0.1, 0.15) is 102 Å². The van der Waals surface area contributed by atoms with Gasteiger partial charge in [-0.25, -0.2) is 0 Å². The molecule has 0 atom stereocenters. The van der Waals surface area contributed by atoms with Gasteiger partial charge in [-0.05, 0) is 49.8 Å². The summed E-state index contributed by atoms with van der Waals surface area (Å²) in [5, 5.41) is 3.00. The smallest absolute Gasteiger partial charge is 0.220 e. The number of benzene rings is 1. The first-order valence-electron chi connectivity index (χ1n) is 13.1. The minimum atomic E-state index is 0.107. The number of carbonyl (C=O) groups excluding carboxylic acids is 1. The van der Waals surface area contributed by atoms with Gasteiger partial charge in [-0.1, -0.05) is 76.5 Å². The van der Waals surface area contributed by atoms with Gasteiger partial charge in [0.1, 0.15) is 6.61 Å². The van der Waals surface area contributed by atoms with Gasteiger partial charge in [0, 0.05) is 19.5 Å². The van der Waals surface area contributed by atoms with Crippen molar-refractivity contribution in [2.24, 2.45) is 5.73 Å². The molecular weight excluding hydrogens is 412 g/mol. The monoisotopic (exact) mass is 460 g/mol. The van der Waals surface area contributed by atoms with Crippen molar-refractivity contribution in [1.82, 2.24) is 5.32 Å². The van der Waals surface area contributed by atoms with E-state index in [9.17, 15) is 4.79 Å². The topological polar surface area (TPSA) is 73.6 Å². The molecule has 5 nitrogen and oxygen atoms in total. The third-order valence-electron chi connectivity index (χ3n) is 5.76. The van der Waals surface area contributed by atoms with Gasteiger partial charge in [0.05, 0.1) is 7.11 Å². The number of rotatable bonds is 21. The predicted molar refractivity (Wildman–Crippen MR) is 139 cm³/mol. The van der Waals surface area contributed by atoms with E-state index in [0.717, 1.165) is 18.4 Å². The van der Waals surface area contributed by atoms with Gasteiger partial charge in [-0.3, -0.25) is 4.79 Å². The maximum atomic E-state index is 12.1. The number of hydrogen-bond donors (Lipinski definition) is 2. The van der Waals surface area contributed by atoms with Crippen LogP contribution in [-0.4, -0.2) is 26.2 Å². The summed E-state index contributed by atoms with van der Waals surface area (Å²) in [5.74, 6) is 1.44. The van der Waals surface area contributed by atoms with Gasteiger partial charge in [-0.2, -0.15) is 0 Å². The van der Waals surface area contributed by atoms with Crippen molar-refractivity contribution in [3.8, 4) is 11.5 Å². The molecule has 0 aliphatic heterocycles. The molecule has 3 N–H and O–H groups in total. The normalized spacial score (nSPS) is 11.1. The Morgan fingerprint density at radius 3 is 2.18 bits per heavy atom. The molecule has 1 aromatic carbocycles. The fraction of sp³-hybridized carbons (Fsp3) is 0.679. The van der Waals surface area contributed by atoms with Crippen LogP contribution in [0.2, 0.25) is 0 Å². The van der Waals surface area contributed by atoms with Gasteiger partial charge in [0.15, 0.2) is 11.5 Å². The van der Waals surface area contributed by atoms with E-state index in [1.165, 1.54) is 70.6 Å². The molecule has 0 aromatic heterocycles. The Bertz CT molecular complexity index is 646. The van der Waals surface area contributed by atoms with Crippen LogP contribution in [0, 0.1) is 0 Å². The fourth-order valence-electron chi connectivity index (χ4n) is 3.76. The van der Waals surface area contributed by atoms with Crippen LogP contribution in [0.25, 0.3) is 0 Å². The predicted octanol–water partition coefficient (Wildman–Crippen LogP) is 6.69. The first-order valence-corrected chi connectivity index (χ1v) is 13.1. The Morgan fingerprint density at radius 2 is 1.55 bits per heavy atom. The van der Waals surface area contributed by atoms with E-state index in [1.54, 1.807) is 7.11 Å². The average Bonchev–Trinajstić information content (AvgIpc) is 2.84. The lowest BCUT2D eigenvalue weighted by atomic mass is 10.1. The van der Waals surface area contributed by atoms with Gasteiger partial charge in [-0.15, -0.1) is 0 Å². The Kier molecular flexibility index (Phi) is 18.1. The van der Waals surface area contributed by atoms with Crippen molar-refractivity contribution < 1.29 is 14.3 Å². The van der Waals surface area contributed by atoms with Crippen LogP contribution in [-0.2, 0) is 11.3 Å². The standard InChI is InChI=1S/C28H48N2O3/c1-3-4-5-6-7-8-9-10-11-12-13-14-15-16-17-18-28(31)30-24-25-19-20-26(33-22-21-29)27(23-25)32-2/h10-11,19-20,23H,3-9,12-18,21-22,24,29H2,1-2H3,(H,30,31)/b11-10+. The molecule has 33 heavy (non-hydrogen) atoms. The van der Waals surface area contributed by atoms with Crippen LogP contribution in [0.5, 0.6) is 11.5 Å². The van der Waals surface area contributed by atoms with Crippen LogP contribution in [0.15, 0.2) is 30.4 Å². The lowest BCUT2D eigenvalue weighted by molar-refractivity contribution is -0.121. The fourth-order valence-corrected chi connectivity index (χ4v) is 3.76. The lowest BCUT2D eigenvalue weighted by Gasteiger charge is -2.12. The molecule has 0 fully saturated rings. The van der Waals surface area contributed by atoms with Crippen molar-refractivity contribution >= 4 is 5.91 Å². The van der Waals surface area contributed by atoms with Crippen LogP contribution in [0.4, 0.5) is 0 Å². The number of nitrogens with one attached hydrogen (secondary N) is 1. The second-order valence-corrected chi connectivity index (χ2v) is 8.73. The zero-order valence-electron chi connectivity index (χ0n) is 21.2. The quantitative estimate of drug-likeness (QED) is 0.158. The summed E-state index contributed by atoms with van der Waals surface area (Å²) in [4.78, 5) is 12.1. The summed E-state index contributed by atoms with van der Waals surface area (Å²) in [5.41, 5.74) is 6.47. The Balaban J connectivity index is 2.01. The summed E-state index contributed by atoms with van der Waals surface area (Å²) in [6, 6.07) is 5.70. The molecule has 0 aliphatic rings. The van der Waals surface area contributed by atoms with Crippen molar-refractivity contribution in [3.05, 3.63) is 35.9 Å². The number of carbonyl (C=O) groups is 1. The molecule has 0 saturated carbocycles. The van der Waals surface area contributed by atoms with Gasteiger partial charge < -0.3 is 20.5 Å². The Morgan fingerprint density at radius 1 is 0.909 bits per heavy atom. The highest BCUT2D eigenvalue weighted by Gasteiger charge is 2.07. The van der Waals surface area contributed by atoms with E-state index < -0.39 is 0 Å². The van der Waals surface area contributed by atoms with Crippen molar-refractivity contribution in [3.63, 3.8) is 0 Å². The van der Waals surface area contributed by atoms with Gasteiger partial charge >= 0.3 is 0 Å². The maximum absolute atomic E-state index is 12.1. The summed E-state index contributed by atoms with van der Waals surface area (Å²) < 4.78 is 10.9. The second kappa shape index (κ2) is 20.6. The Labute approximate surface area is 202 Å². The molecule has 5 heteroatoms. The molecule has 0 spiro atoms. The largest absolute Gasteiger partial charge is 0.493 e. The molecule has 1 amide bonds. The molecule has 0 radical (unpaired) electrons. The van der Waals surface area contributed by atoms with E-state index in [-0.39, 0.29) is 5.91 Å². The molecule has 0 aliphatic carbocycles. The summed E-state index contributed by atoms with van der Waals surface area (Å²) in [6.07, 6.45) is 21.7. The molecule has 1 aromatic rings. The van der Waals surface area contributed by atoms with Crippen molar-refractivity contribution in [2.75, 3.05) is 20.3 Å². The highest BCUT2D eigenvalue weighted by Crippen LogP contribution is 2.28. The van der Waals surface area contributed by atoms with Crippen LogP contribution >= 0.6 is 0 Å². The summed E-state index contributed by atoms with van der Waals surface area (Å²) in [7, 11) is 1.61. The Hall–Kier alpha value is -2.01. The average molecular weight is 461 g/mol. The number of unbranched alkanes of at least 4 members (excludes halogenated alkanes) is 11. The molecule has 0 saturated heterocycles. The van der Waals surface area contributed by atoms with Crippen molar-refractivity contribution in [1.29, 1.82) is 0 Å². The molecule has 0 unspecified atom stereocenters. The van der Waals surface area contributed by atoms with E-state index in [1.807, 2.05) is 18.2 Å². The summed E-state index contributed by atoms with van der Waals surface area (Å²) >= 11 is 0. The zero-order chi connectivity index (χ0) is 24.0. The van der Waals surface area contributed by atoms with E-state index in [4.69, 9.17) is 15.2 Å². The van der Waals surface area contributed by atoms with E-state index >= 15 is 0 Å². The molecule has 188 valence electrons. The van der Waals surface area contributed by atoms with Crippen LogP contribution < -0.4 is 20.5 Å². The third-order valence-corrected chi connectivity index (χ3v) is 5.76. The molecule has 0 bridgehead atoms. The van der Waals surface area contributed by atoms with Crippen molar-refractivity contribution in [2.45, 2.75) is 103 Å². The summed E-state index contributed by atoms with van der Waals surface area (Å²) in [6.45, 7) is 3.67. The minimum Gasteiger partial charge on any atom is -0.493 e. The first kappa shape index (κ1) is 29.0. The molecule has 1 rings (SSSR count). The van der Waals surface area contributed by atoms with Gasteiger partial charge in [0.2, 0.25) is 5.91 Å². The second-order valence-electron chi connectivity index (χ2n) is 8.73. The number of amides is 1. The number of hydrogen-bond acceptors (Lipinski definition) is 4. The number of nitrogens with two attached hydrogens (primary N) is 1. The highest BCUT2D eigenvalue weighted by molar-refractivity contribution is 5.75. The first-order chi connectivity index (χ1) is 16.2. The zero-order valence-corrected chi connectivity index (χ0v) is 21.2. The SMILES string of the molecule is CCCCCCCC/C=C/CCCCCCCC(=O)NCc1ccc(OCCN)c(OC)c1. The molecular formula is C28H48N2O3. The molecule has 0 heterocycles. The number of ether oxygens (including phenoxy) is 2. The van der Waals surface area contributed by atoms with E-state index in [0.29, 0.717) is 37.6 Å². The maximum Gasteiger partial charge on any atom is 0.220 e. The van der Waals surface area contributed by atoms with Crippen LogP contribution in [0.3, 0.4) is 0 Å². The third kappa shape index (κ3) is 15.5. The number of allylic oxidation sites excluding steroid dienone is 2. The lowest BCUT2D eigenvalue weighted by Crippen LogP contribution is -2.22.